The van der Waals surface area contributed by atoms with E-state index in [2.05, 4.69) is 11.9 Å². The van der Waals surface area contributed by atoms with Gasteiger partial charge in [0.1, 0.15) is 11.4 Å². The molecule has 190 valence electrons. The van der Waals surface area contributed by atoms with E-state index in [4.69, 9.17) is 13.9 Å². The average molecular weight is 499 g/mol. The summed E-state index contributed by atoms with van der Waals surface area (Å²) in [5, 5.41) is 0.449. The van der Waals surface area contributed by atoms with Crippen LogP contribution in [0.3, 0.4) is 0 Å². The number of rotatable bonds is 7. The fourth-order valence-electron chi connectivity index (χ4n) is 4.74. The number of aromatic nitrogens is 1. The predicted octanol–water partition coefficient (Wildman–Crippen LogP) is 6.05. The minimum Gasteiger partial charge on any atom is -0.493 e. The number of unbranched alkanes of at least 4 members (excludes halogenated alkanes) is 1. The maximum Gasteiger partial charge on any atom is 0.296 e. The van der Waals surface area contributed by atoms with Crippen LogP contribution in [0.2, 0.25) is 0 Å². The summed E-state index contributed by atoms with van der Waals surface area (Å²) >= 11 is 0. The van der Waals surface area contributed by atoms with E-state index in [1.807, 2.05) is 63.2 Å². The Bertz CT molecular complexity index is 1570. The fraction of sp³-hybridized carbons (Fsp3) is 0.300. The molecule has 37 heavy (non-hydrogen) atoms. The SMILES string of the molecule is CCCCOc1ccc([C@@H]2c3c(oc4cc(C)c(C)cc4c3=O)C(=O)N2c2cccc(C)n2)cc1OC. The standard InChI is InChI=1S/C30H30N2O5/c1-6-7-13-36-22-12-11-20(16-24(22)35-5)27-26-28(33)21-14-17(2)18(3)15-23(21)37-29(26)30(34)32(27)25-10-8-9-19(4)31-25/h8-12,14-16,27H,6-7,13H2,1-5H3/t27-/m1/s1. The van der Waals surface area contributed by atoms with Gasteiger partial charge in [0.15, 0.2) is 16.9 Å². The van der Waals surface area contributed by atoms with Crippen molar-refractivity contribution in [3.8, 4) is 11.5 Å². The Labute approximate surface area is 215 Å². The van der Waals surface area contributed by atoms with E-state index < -0.39 is 11.9 Å². The third kappa shape index (κ3) is 4.24. The van der Waals surface area contributed by atoms with Crippen LogP contribution < -0.4 is 19.8 Å². The average Bonchev–Trinajstić information content (AvgIpc) is 3.18. The molecule has 2 aromatic carbocycles. The maximum atomic E-state index is 13.9. The van der Waals surface area contributed by atoms with E-state index in [0.717, 1.165) is 29.7 Å². The van der Waals surface area contributed by atoms with Crippen molar-refractivity contribution in [2.24, 2.45) is 0 Å². The first-order valence-corrected chi connectivity index (χ1v) is 12.5. The zero-order chi connectivity index (χ0) is 26.3. The molecule has 0 bridgehead atoms. The number of carbonyl (C=O) groups excluding carboxylic acids is 1. The van der Waals surface area contributed by atoms with Gasteiger partial charge in [0.05, 0.1) is 30.7 Å². The third-order valence-electron chi connectivity index (χ3n) is 6.87. The van der Waals surface area contributed by atoms with Crippen molar-refractivity contribution in [1.29, 1.82) is 0 Å². The number of hydrogen-bond donors (Lipinski definition) is 0. The van der Waals surface area contributed by atoms with Gasteiger partial charge in [0.2, 0.25) is 5.76 Å². The number of nitrogens with zero attached hydrogens (tertiary/aromatic N) is 2. The molecule has 0 saturated carbocycles. The van der Waals surface area contributed by atoms with E-state index in [9.17, 15) is 9.59 Å². The van der Waals surface area contributed by atoms with Gasteiger partial charge in [-0.25, -0.2) is 4.98 Å². The number of anilines is 1. The van der Waals surface area contributed by atoms with Crippen molar-refractivity contribution in [1.82, 2.24) is 4.98 Å². The van der Waals surface area contributed by atoms with Crippen LogP contribution in [-0.2, 0) is 0 Å². The lowest BCUT2D eigenvalue weighted by Gasteiger charge is -2.25. The number of ether oxygens (including phenoxy) is 2. The highest BCUT2D eigenvalue weighted by atomic mass is 16.5. The number of fused-ring (bicyclic) bond motifs is 2. The topological polar surface area (TPSA) is 81.9 Å². The van der Waals surface area contributed by atoms with E-state index in [-0.39, 0.29) is 11.2 Å². The van der Waals surface area contributed by atoms with Gasteiger partial charge in [-0.05, 0) is 80.3 Å². The van der Waals surface area contributed by atoms with Gasteiger partial charge in [0, 0.05) is 5.69 Å². The smallest absolute Gasteiger partial charge is 0.296 e. The van der Waals surface area contributed by atoms with Crippen molar-refractivity contribution >= 4 is 22.7 Å². The number of aryl methyl sites for hydroxylation is 3. The molecular weight excluding hydrogens is 468 g/mol. The predicted molar refractivity (Wildman–Crippen MR) is 143 cm³/mol. The summed E-state index contributed by atoms with van der Waals surface area (Å²) in [5.74, 6) is 1.22. The largest absolute Gasteiger partial charge is 0.493 e. The van der Waals surface area contributed by atoms with Crippen molar-refractivity contribution in [2.45, 2.75) is 46.6 Å². The quantitative estimate of drug-likeness (QED) is 0.289. The number of methoxy groups -OCH3 is 1. The Morgan fingerprint density at radius 2 is 1.78 bits per heavy atom. The third-order valence-corrected chi connectivity index (χ3v) is 6.87. The van der Waals surface area contributed by atoms with E-state index in [1.54, 1.807) is 13.2 Å². The van der Waals surface area contributed by atoms with Crippen LogP contribution >= 0.6 is 0 Å². The first-order chi connectivity index (χ1) is 17.8. The molecule has 0 radical (unpaired) electrons. The van der Waals surface area contributed by atoms with Crippen LogP contribution in [0.15, 0.2) is 57.7 Å². The summed E-state index contributed by atoms with van der Waals surface area (Å²) < 4.78 is 17.7. The fourth-order valence-corrected chi connectivity index (χ4v) is 4.74. The molecule has 5 rings (SSSR count). The summed E-state index contributed by atoms with van der Waals surface area (Å²) in [7, 11) is 1.58. The Kier molecular flexibility index (Phi) is 6.46. The first kappa shape index (κ1) is 24.6. The molecule has 0 N–H and O–H groups in total. The lowest BCUT2D eigenvalue weighted by atomic mass is 9.97. The van der Waals surface area contributed by atoms with Crippen molar-refractivity contribution < 1.29 is 18.7 Å². The van der Waals surface area contributed by atoms with Crippen LogP contribution in [0.1, 0.15) is 64.3 Å². The molecule has 0 saturated heterocycles. The van der Waals surface area contributed by atoms with Gasteiger partial charge in [0.25, 0.3) is 5.91 Å². The van der Waals surface area contributed by atoms with Crippen molar-refractivity contribution in [2.75, 3.05) is 18.6 Å². The van der Waals surface area contributed by atoms with Gasteiger partial charge in [-0.3, -0.25) is 14.5 Å². The second kappa shape index (κ2) is 9.73. The van der Waals surface area contributed by atoms with Crippen LogP contribution in [0.4, 0.5) is 5.82 Å². The van der Waals surface area contributed by atoms with E-state index in [1.165, 1.54) is 4.90 Å². The minimum atomic E-state index is -0.738. The monoisotopic (exact) mass is 498 g/mol. The summed E-state index contributed by atoms with van der Waals surface area (Å²) in [6.45, 7) is 8.44. The normalized spacial score (nSPS) is 14.8. The lowest BCUT2D eigenvalue weighted by molar-refractivity contribution is 0.0970. The molecular formula is C30H30N2O5. The molecule has 7 nitrogen and oxygen atoms in total. The van der Waals surface area contributed by atoms with Gasteiger partial charge in [-0.15, -0.1) is 0 Å². The zero-order valence-electron chi connectivity index (χ0n) is 21.8. The molecule has 1 amide bonds. The summed E-state index contributed by atoms with van der Waals surface area (Å²) in [5.41, 5.74) is 3.89. The first-order valence-electron chi connectivity index (χ1n) is 12.5. The second-order valence-electron chi connectivity index (χ2n) is 9.43. The summed E-state index contributed by atoms with van der Waals surface area (Å²) in [4.78, 5) is 33.9. The number of hydrogen-bond acceptors (Lipinski definition) is 6. The van der Waals surface area contributed by atoms with Gasteiger partial charge in [-0.1, -0.05) is 25.5 Å². The van der Waals surface area contributed by atoms with Crippen LogP contribution in [0.25, 0.3) is 11.0 Å². The van der Waals surface area contributed by atoms with Crippen LogP contribution in [0, 0.1) is 20.8 Å². The van der Waals surface area contributed by atoms with E-state index in [0.29, 0.717) is 46.0 Å². The van der Waals surface area contributed by atoms with Gasteiger partial charge >= 0.3 is 0 Å². The molecule has 3 heterocycles. The molecule has 1 aliphatic rings. The van der Waals surface area contributed by atoms with Crippen LogP contribution in [-0.4, -0.2) is 24.6 Å². The number of amides is 1. The highest BCUT2D eigenvalue weighted by Gasteiger charge is 2.44. The number of pyridine rings is 1. The highest BCUT2D eigenvalue weighted by molar-refractivity contribution is 6.10. The molecule has 1 aliphatic heterocycles. The summed E-state index contributed by atoms with van der Waals surface area (Å²) in [6.07, 6.45) is 1.94. The molecule has 0 aliphatic carbocycles. The lowest BCUT2D eigenvalue weighted by Crippen LogP contribution is -2.30. The summed E-state index contributed by atoms with van der Waals surface area (Å²) in [6, 6.07) is 13.9. The molecule has 0 spiro atoms. The molecule has 1 atom stereocenters. The minimum absolute atomic E-state index is 0.0382. The van der Waals surface area contributed by atoms with Crippen molar-refractivity contribution in [3.63, 3.8) is 0 Å². The Balaban J connectivity index is 1.73. The molecule has 2 aromatic heterocycles. The Hall–Kier alpha value is -4.13. The second-order valence-corrected chi connectivity index (χ2v) is 9.43. The molecule has 0 fully saturated rings. The number of carbonyl (C=O) groups is 1. The molecule has 7 heteroatoms. The molecule has 0 unspecified atom stereocenters. The number of benzene rings is 2. The Morgan fingerprint density at radius 3 is 2.51 bits per heavy atom. The molecule has 4 aromatic rings. The van der Waals surface area contributed by atoms with Crippen molar-refractivity contribution in [3.05, 3.63) is 92.5 Å². The van der Waals surface area contributed by atoms with Gasteiger partial charge < -0.3 is 13.9 Å². The van der Waals surface area contributed by atoms with Crippen LogP contribution in [0.5, 0.6) is 11.5 Å². The Morgan fingerprint density at radius 1 is 1.00 bits per heavy atom. The van der Waals surface area contributed by atoms with Gasteiger partial charge in [-0.2, -0.15) is 0 Å². The maximum absolute atomic E-state index is 13.9. The zero-order valence-corrected chi connectivity index (χ0v) is 21.8. The van der Waals surface area contributed by atoms with E-state index >= 15 is 0 Å². The highest BCUT2D eigenvalue weighted by Crippen LogP contribution is 2.43.